The van der Waals surface area contributed by atoms with Gasteiger partial charge in [0.05, 0.1) is 5.60 Å². The zero-order valence-electron chi connectivity index (χ0n) is 13.3. The van der Waals surface area contributed by atoms with Crippen molar-refractivity contribution in [2.45, 2.75) is 50.7 Å². The van der Waals surface area contributed by atoms with Crippen LogP contribution < -0.4 is 5.32 Å². The van der Waals surface area contributed by atoms with E-state index < -0.39 is 0 Å². The summed E-state index contributed by atoms with van der Waals surface area (Å²) in [6.45, 7) is 4.11. The van der Waals surface area contributed by atoms with Gasteiger partial charge in [-0.1, -0.05) is 6.92 Å². The fraction of sp³-hybridized carbons (Fsp3) is 1.00. The van der Waals surface area contributed by atoms with Crippen molar-refractivity contribution in [1.29, 1.82) is 0 Å². The second kappa shape index (κ2) is 8.02. The molecule has 0 aromatic rings. The molecule has 3 nitrogen and oxygen atoms in total. The van der Waals surface area contributed by atoms with Crippen molar-refractivity contribution >= 4 is 11.8 Å². The number of ether oxygens (including phenoxy) is 2. The van der Waals surface area contributed by atoms with Gasteiger partial charge in [0.2, 0.25) is 0 Å². The van der Waals surface area contributed by atoms with Gasteiger partial charge in [-0.15, -0.1) is 0 Å². The fourth-order valence-corrected chi connectivity index (χ4v) is 5.07. The second-order valence-corrected chi connectivity index (χ2v) is 7.81. The lowest BCUT2D eigenvalue weighted by Crippen LogP contribution is -2.48. The lowest BCUT2D eigenvalue weighted by Gasteiger charge is -2.45. The molecule has 1 spiro atoms. The first-order chi connectivity index (χ1) is 9.69. The number of rotatable bonds is 6. The molecule has 1 N–H and O–H groups in total. The number of hydrogen-bond acceptors (Lipinski definition) is 4. The van der Waals surface area contributed by atoms with E-state index in [1.165, 1.54) is 43.6 Å². The number of hydrogen-bond donors (Lipinski definition) is 1. The van der Waals surface area contributed by atoms with E-state index in [1.807, 2.05) is 0 Å². The molecule has 2 aliphatic heterocycles. The van der Waals surface area contributed by atoms with Crippen molar-refractivity contribution in [1.82, 2.24) is 5.32 Å². The SMILES string of the molecule is CNC(CC(C)COC)C1CCOC2(CCSCC2)C1. The van der Waals surface area contributed by atoms with E-state index >= 15 is 0 Å². The third-order valence-electron chi connectivity index (χ3n) is 4.98. The molecule has 2 fully saturated rings. The summed E-state index contributed by atoms with van der Waals surface area (Å²) in [6.07, 6.45) is 6.16. The summed E-state index contributed by atoms with van der Waals surface area (Å²) in [5, 5.41) is 3.57. The van der Waals surface area contributed by atoms with Crippen molar-refractivity contribution in [3.63, 3.8) is 0 Å². The molecule has 0 aliphatic carbocycles. The second-order valence-electron chi connectivity index (χ2n) is 6.59. The summed E-state index contributed by atoms with van der Waals surface area (Å²) < 4.78 is 11.5. The molecular formula is C16H31NO2S. The summed E-state index contributed by atoms with van der Waals surface area (Å²) in [7, 11) is 3.91. The summed E-state index contributed by atoms with van der Waals surface area (Å²) in [4.78, 5) is 0. The maximum atomic E-state index is 6.22. The van der Waals surface area contributed by atoms with Gasteiger partial charge in [-0.25, -0.2) is 0 Å². The van der Waals surface area contributed by atoms with Crippen LogP contribution >= 0.6 is 11.8 Å². The van der Waals surface area contributed by atoms with Gasteiger partial charge in [0.1, 0.15) is 0 Å². The van der Waals surface area contributed by atoms with Crippen molar-refractivity contribution < 1.29 is 9.47 Å². The van der Waals surface area contributed by atoms with Crippen LogP contribution in [0.25, 0.3) is 0 Å². The Hall–Kier alpha value is 0.230. The standard InChI is InChI=1S/C16H31NO2S/c1-13(12-18-3)10-15(17-2)14-4-7-19-16(11-14)5-8-20-9-6-16/h13-15,17H,4-12H2,1-3H3. The van der Waals surface area contributed by atoms with Gasteiger partial charge in [-0.3, -0.25) is 0 Å². The molecule has 2 aliphatic rings. The molecule has 118 valence electrons. The normalized spacial score (nSPS) is 29.2. The Bertz CT molecular complexity index is 276. The molecule has 3 unspecified atom stereocenters. The highest BCUT2D eigenvalue weighted by Gasteiger charge is 2.40. The van der Waals surface area contributed by atoms with Gasteiger partial charge in [0, 0.05) is 26.4 Å². The number of nitrogens with one attached hydrogen (secondary N) is 1. The summed E-state index contributed by atoms with van der Waals surface area (Å²) in [5.41, 5.74) is 0.202. The van der Waals surface area contributed by atoms with E-state index in [0.717, 1.165) is 19.1 Å². The van der Waals surface area contributed by atoms with Gasteiger partial charge < -0.3 is 14.8 Å². The van der Waals surface area contributed by atoms with Crippen molar-refractivity contribution in [2.75, 3.05) is 38.9 Å². The monoisotopic (exact) mass is 301 g/mol. The van der Waals surface area contributed by atoms with Crippen molar-refractivity contribution in [3.8, 4) is 0 Å². The van der Waals surface area contributed by atoms with Gasteiger partial charge in [-0.2, -0.15) is 11.8 Å². The van der Waals surface area contributed by atoms with Crippen LogP contribution in [0.3, 0.4) is 0 Å². The first-order valence-electron chi connectivity index (χ1n) is 8.07. The minimum atomic E-state index is 0.202. The van der Waals surface area contributed by atoms with Gasteiger partial charge in [0.15, 0.2) is 0 Å². The van der Waals surface area contributed by atoms with Crippen molar-refractivity contribution in [2.24, 2.45) is 11.8 Å². The number of thioether (sulfide) groups is 1. The molecule has 0 saturated carbocycles. The molecule has 2 heterocycles. The topological polar surface area (TPSA) is 30.5 Å². The molecule has 0 aromatic heterocycles. The van der Waals surface area contributed by atoms with Crippen LogP contribution in [0.2, 0.25) is 0 Å². The third-order valence-corrected chi connectivity index (χ3v) is 5.97. The summed E-state index contributed by atoms with van der Waals surface area (Å²) in [6, 6.07) is 0.607. The Morgan fingerprint density at radius 3 is 2.80 bits per heavy atom. The van der Waals surface area contributed by atoms with Gasteiger partial charge >= 0.3 is 0 Å². The Morgan fingerprint density at radius 1 is 1.40 bits per heavy atom. The maximum absolute atomic E-state index is 6.22. The highest BCUT2D eigenvalue weighted by atomic mass is 32.2. The minimum absolute atomic E-state index is 0.202. The average Bonchev–Trinajstić information content (AvgIpc) is 2.46. The average molecular weight is 301 g/mol. The minimum Gasteiger partial charge on any atom is -0.384 e. The van der Waals surface area contributed by atoms with E-state index in [-0.39, 0.29) is 5.60 Å². The zero-order chi connectivity index (χ0) is 14.4. The lowest BCUT2D eigenvalue weighted by atomic mass is 9.77. The van der Waals surface area contributed by atoms with Crippen LogP contribution in [0.15, 0.2) is 0 Å². The summed E-state index contributed by atoms with van der Waals surface area (Å²) >= 11 is 2.08. The van der Waals surface area contributed by atoms with Gasteiger partial charge in [-0.05, 0) is 62.5 Å². The van der Waals surface area contributed by atoms with Crippen LogP contribution in [-0.4, -0.2) is 50.5 Å². The quantitative estimate of drug-likeness (QED) is 0.817. The van der Waals surface area contributed by atoms with Crippen LogP contribution in [0.5, 0.6) is 0 Å². The lowest BCUT2D eigenvalue weighted by molar-refractivity contribution is -0.108. The van der Waals surface area contributed by atoms with E-state index in [0.29, 0.717) is 12.0 Å². The molecule has 4 heteroatoms. The van der Waals surface area contributed by atoms with Gasteiger partial charge in [0.25, 0.3) is 0 Å². The van der Waals surface area contributed by atoms with Crippen molar-refractivity contribution in [3.05, 3.63) is 0 Å². The molecule has 20 heavy (non-hydrogen) atoms. The smallest absolute Gasteiger partial charge is 0.0701 e. The number of methoxy groups -OCH3 is 1. The third kappa shape index (κ3) is 4.36. The Balaban J connectivity index is 1.91. The molecular weight excluding hydrogens is 270 g/mol. The van der Waals surface area contributed by atoms with Crippen LogP contribution in [-0.2, 0) is 9.47 Å². The molecule has 2 rings (SSSR count). The van der Waals surface area contributed by atoms with E-state index in [1.54, 1.807) is 7.11 Å². The van der Waals surface area contributed by atoms with Crippen LogP contribution in [0.1, 0.15) is 39.0 Å². The van der Waals surface area contributed by atoms with Crippen LogP contribution in [0, 0.1) is 11.8 Å². The van der Waals surface area contributed by atoms with E-state index in [9.17, 15) is 0 Å². The predicted molar refractivity (Wildman–Crippen MR) is 86.5 cm³/mol. The molecule has 0 bridgehead atoms. The highest BCUT2D eigenvalue weighted by molar-refractivity contribution is 7.99. The maximum Gasteiger partial charge on any atom is 0.0701 e. The highest BCUT2D eigenvalue weighted by Crippen LogP contribution is 2.41. The Labute approximate surface area is 128 Å². The predicted octanol–water partition coefficient (Wildman–Crippen LogP) is 2.94. The molecule has 3 atom stereocenters. The van der Waals surface area contributed by atoms with E-state index in [2.05, 4.69) is 31.1 Å². The Kier molecular flexibility index (Phi) is 6.66. The molecule has 0 amide bonds. The Morgan fingerprint density at radius 2 is 2.15 bits per heavy atom. The summed E-state index contributed by atoms with van der Waals surface area (Å²) in [5.74, 6) is 3.93. The molecule has 0 radical (unpaired) electrons. The first-order valence-corrected chi connectivity index (χ1v) is 9.22. The first kappa shape index (κ1) is 16.6. The molecule has 0 aromatic carbocycles. The van der Waals surface area contributed by atoms with E-state index in [4.69, 9.17) is 9.47 Å². The van der Waals surface area contributed by atoms with Crippen LogP contribution in [0.4, 0.5) is 0 Å². The zero-order valence-corrected chi connectivity index (χ0v) is 14.1. The fourth-order valence-electron chi connectivity index (χ4n) is 3.83. The largest absolute Gasteiger partial charge is 0.384 e. The molecule has 2 saturated heterocycles.